The molecule has 0 rings (SSSR count). The van der Waals surface area contributed by atoms with Crippen LogP contribution in [0.25, 0.3) is 4.95 Å². The van der Waals surface area contributed by atoms with E-state index in [4.69, 9.17) is 6.57 Å². The quantitative estimate of drug-likeness (QED) is 0.380. The van der Waals surface area contributed by atoms with Gasteiger partial charge in [-0.2, -0.15) is 11.5 Å². The zero-order chi connectivity index (χ0) is 11.9. The Kier molecular flexibility index (Phi) is 6.35. The van der Waals surface area contributed by atoms with E-state index in [-0.39, 0.29) is 5.41 Å². The number of nitrogens with zero attached hydrogens (tertiary/aromatic N) is 3. The molecule has 0 aromatic carbocycles. The van der Waals surface area contributed by atoms with Crippen molar-refractivity contribution in [2.75, 3.05) is 33.7 Å². The Morgan fingerprint density at radius 1 is 1.07 bits per heavy atom. The highest BCUT2D eigenvalue weighted by Crippen LogP contribution is 2.15. The van der Waals surface area contributed by atoms with Gasteiger partial charge in [0.1, 0.15) is 0 Å². The number of rotatable bonds is 6. The number of hydrogen-bond donors (Lipinski definition) is 0. The molecule has 0 bridgehead atoms. The molecule has 3 nitrogen and oxygen atoms in total. The molecular weight excluding hydrogens is 186 g/mol. The number of unbranched alkanes of at least 4 members (excludes halogenated alkanes) is 1. The maximum absolute atomic E-state index is 7.10. The van der Waals surface area contributed by atoms with Crippen molar-refractivity contribution in [3.05, 3.63) is 11.5 Å². The van der Waals surface area contributed by atoms with Gasteiger partial charge >= 0.3 is 0 Å². The van der Waals surface area contributed by atoms with Crippen LogP contribution in [0.2, 0.25) is 0 Å². The van der Waals surface area contributed by atoms with Gasteiger partial charge in [-0.25, -0.2) is 0 Å². The minimum absolute atomic E-state index is 0.214. The molecule has 0 N–H and O–H groups in total. The highest BCUT2D eigenvalue weighted by molar-refractivity contribution is 4.71. The summed E-state index contributed by atoms with van der Waals surface area (Å²) in [6, 6.07) is 0. The molecule has 0 heterocycles. The van der Waals surface area contributed by atoms with Gasteiger partial charge < -0.3 is 4.90 Å². The van der Waals surface area contributed by atoms with E-state index in [2.05, 4.69) is 44.7 Å². The molecule has 0 aromatic rings. The molecule has 0 unspecified atom stereocenters. The predicted octanol–water partition coefficient (Wildman–Crippen LogP) is 2.51. The fraction of sp³-hybridized carbons (Fsp3) is 0.917. The lowest BCUT2D eigenvalue weighted by Gasteiger charge is -2.21. The van der Waals surface area contributed by atoms with E-state index < -0.39 is 0 Å². The van der Waals surface area contributed by atoms with Crippen LogP contribution in [0.4, 0.5) is 0 Å². The number of hydrogen-bond acceptors (Lipinski definition) is 2. The second kappa shape index (κ2) is 6.68. The molecule has 88 valence electrons. The van der Waals surface area contributed by atoms with Crippen LogP contribution in [0.15, 0.2) is 0 Å². The van der Waals surface area contributed by atoms with Crippen molar-refractivity contribution in [2.24, 2.45) is 5.41 Å². The molecule has 0 spiro atoms. The van der Waals surface area contributed by atoms with Crippen molar-refractivity contribution in [3.8, 4) is 0 Å². The lowest BCUT2D eigenvalue weighted by atomic mass is 9.96. The first kappa shape index (κ1) is 14.2. The van der Waals surface area contributed by atoms with Crippen molar-refractivity contribution in [1.29, 1.82) is 0 Å². The fourth-order valence-corrected chi connectivity index (χ4v) is 1.43. The summed E-state index contributed by atoms with van der Waals surface area (Å²) in [5.74, 6) is 0. The van der Waals surface area contributed by atoms with Gasteiger partial charge in [-0.3, -0.25) is 0 Å². The Morgan fingerprint density at radius 2 is 1.60 bits per heavy atom. The molecule has 0 fully saturated rings. The minimum Gasteiger partial charge on any atom is -0.309 e. The zero-order valence-electron chi connectivity index (χ0n) is 10.9. The predicted molar refractivity (Wildman–Crippen MR) is 65.4 cm³/mol. The van der Waals surface area contributed by atoms with Gasteiger partial charge in [0.05, 0.1) is 13.1 Å². The lowest BCUT2D eigenvalue weighted by Crippen LogP contribution is -2.28. The topological polar surface area (TPSA) is 10.8 Å². The highest BCUT2D eigenvalue weighted by atomic mass is 15.4. The second-order valence-electron chi connectivity index (χ2n) is 5.56. The van der Waals surface area contributed by atoms with E-state index in [1.807, 2.05) is 5.01 Å². The van der Waals surface area contributed by atoms with Crippen LogP contribution in [0.3, 0.4) is 0 Å². The normalized spacial score (nSPS) is 11.5. The summed E-state index contributed by atoms with van der Waals surface area (Å²) in [5.41, 5.74) is 0.214. The largest absolute Gasteiger partial charge is 0.309 e. The average molecular weight is 211 g/mol. The van der Waals surface area contributed by atoms with Crippen molar-refractivity contribution in [1.82, 2.24) is 9.91 Å². The zero-order valence-corrected chi connectivity index (χ0v) is 10.9. The van der Waals surface area contributed by atoms with Gasteiger partial charge in [0.25, 0.3) is 0 Å². The van der Waals surface area contributed by atoms with Crippen LogP contribution in [-0.4, -0.2) is 43.6 Å². The second-order valence-corrected chi connectivity index (χ2v) is 5.56. The first-order chi connectivity index (χ1) is 6.85. The lowest BCUT2D eigenvalue weighted by molar-refractivity contribution is 0.241. The van der Waals surface area contributed by atoms with Crippen LogP contribution < -0.4 is 0 Å². The van der Waals surface area contributed by atoms with Crippen LogP contribution in [0.1, 0.15) is 33.6 Å². The average Bonchev–Trinajstić information content (AvgIpc) is 2.08. The van der Waals surface area contributed by atoms with Crippen molar-refractivity contribution in [3.63, 3.8) is 0 Å². The molecule has 0 aliphatic carbocycles. The molecule has 3 heteroatoms. The molecule has 15 heavy (non-hydrogen) atoms. The third-order valence-electron chi connectivity index (χ3n) is 2.07. The third-order valence-corrected chi connectivity index (χ3v) is 2.07. The van der Waals surface area contributed by atoms with E-state index in [1.54, 1.807) is 0 Å². The molecule has 0 amide bonds. The Labute approximate surface area is 94.8 Å². The van der Waals surface area contributed by atoms with E-state index in [0.717, 1.165) is 26.1 Å². The third kappa shape index (κ3) is 9.55. The highest BCUT2D eigenvalue weighted by Gasteiger charge is 2.18. The summed E-state index contributed by atoms with van der Waals surface area (Å²) in [5, 5.41) is 1.86. The molecule has 0 aliphatic heterocycles. The molecule has 0 aliphatic rings. The van der Waals surface area contributed by atoms with Crippen LogP contribution >= 0.6 is 0 Å². The molecule has 0 aromatic heterocycles. The summed E-state index contributed by atoms with van der Waals surface area (Å²) in [6.45, 7) is 16.5. The van der Waals surface area contributed by atoms with Crippen LogP contribution in [-0.2, 0) is 0 Å². The van der Waals surface area contributed by atoms with E-state index >= 15 is 0 Å². The van der Waals surface area contributed by atoms with Crippen LogP contribution in [0, 0.1) is 12.0 Å². The maximum atomic E-state index is 7.10. The maximum Gasteiger partial charge on any atom is 0.0908 e. The molecule has 0 saturated carbocycles. The standard InChI is InChI=1S/C12H25N3/c1-12(2,3)11-15(13-4)10-8-7-9-14(5)6/h7-11H2,1-3,5-6H3. The van der Waals surface area contributed by atoms with Gasteiger partial charge in [0.2, 0.25) is 0 Å². The van der Waals surface area contributed by atoms with Crippen molar-refractivity contribution >= 4 is 0 Å². The molecule has 0 atom stereocenters. The Balaban J connectivity index is 3.69. The first-order valence-electron chi connectivity index (χ1n) is 5.62. The molecular formula is C12H25N3. The monoisotopic (exact) mass is 211 g/mol. The van der Waals surface area contributed by atoms with Crippen molar-refractivity contribution < 1.29 is 0 Å². The van der Waals surface area contributed by atoms with Gasteiger partial charge in [-0.1, -0.05) is 20.8 Å². The Morgan fingerprint density at radius 3 is 2.00 bits per heavy atom. The summed E-state index contributed by atoms with van der Waals surface area (Å²) in [7, 11) is 4.17. The summed E-state index contributed by atoms with van der Waals surface area (Å²) >= 11 is 0. The van der Waals surface area contributed by atoms with Gasteiger partial charge in [-0.15, -0.1) is 5.01 Å². The Bertz CT molecular complexity index is 198. The SMILES string of the molecule is [C-]#[N+]N(CCCCN(C)C)CC(C)(C)C. The fourth-order valence-electron chi connectivity index (χ4n) is 1.43. The van der Waals surface area contributed by atoms with Gasteiger partial charge in [-0.05, 0) is 38.9 Å². The summed E-state index contributed by atoms with van der Waals surface area (Å²) < 4.78 is 0. The first-order valence-corrected chi connectivity index (χ1v) is 5.62. The van der Waals surface area contributed by atoms with E-state index in [1.165, 1.54) is 6.42 Å². The minimum atomic E-state index is 0.214. The van der Waals surface area contributed by atoms with E-state index in [0.29, 0.717) is 0 Å². The van der Waals surface area contributed by atoms with Crippen molar-refractivity contribution in [2.45, 2.75) is 33.6 Å². The molecule has 0 saturated heterocycles. The van der Waals surface area contributed by atoms with Gasteiger partial charge in [0, 0.05) is 0 Å². The summed E-state index contributed by atoms with van der Waals surface area (Å²) in [4.78, 5) is 5.75. The summed E-state index contributed by atoms with van der Waals surface area (Å²) in [6.07, 6.45) is 2.28. The van der Waals surface area contributed by atoms with E-state index in [9.17, 15) is 0 Å². The smallest absolute Gasteiger partial charge is 0.0908 e. The molecule has 0 radical (unpaired) electrons. The Hall–Kier alpha value is -0.750. The van der Waals surface area contributed by atoms with Gasteiger partial charge in [0.15, 0.2) is 0 Å². The van der Waals surface area contributed by atoms with Crippen LogP contribution in [0.5, 0.6) is 0 Å².